The number of alkyl halides is 3. The average Bonchev–Trinajstić information content (AvgIpc) is 3.17. The lowest BCUT2D eigenvalue weighted by molar-refractivity contribution is -0.137. The van der Waals surface area contributed by atoms with Crippen molar-refractivity contribution < 1.29 is 22.8 Å². The molecule has 27 heavy (non-hydrogen) atoms. The summed E-state index contributed by atoms with van der Waals surface area (Å²) in [7, 11) is 0. The summed E-state index contributed by atoms with van der Waals surface area (Å²) in [6.45, 7) is 0. The molecule has 0 radical (unpaired) electrons. The molecule has 1 fully saturated rings. The van der Waals surface area contributed by atoms with Gasteiger partial charge in [-0.15, -0.1) is 11.8 Å². The number of anilines is 1. The van der Waals surface area contributed by atoms with Crippen LogP contribution in [0.2, 0.25) is 5.02 Å². The quantitative estimate of drug-likeness (QED) is 0.786. The molecule has 4 nitrogen and oxygen atoms in total. The lowest BCUT2D eigenvalue weighted by atomic mass is 10.1. The summed E-state index contributed by atoms with van der Waals surface area (Å²) in [5, 5.41) is 2.18. The molecule has 1 saturated heterocycles. The Morgan fingerprint density at radius 3 is 2.70 bits per heavy atom. The first kappa shape index (κ1) is 18.2. The highest BCUT2D eigenvalue weighted by molar-refractivity contribution is 7.99. The highest BCUT2D eigenvalue weighted by Gasteiger charge is 2.48. The van der Waals surface area contributed by atoms with E-state index in [1.54, 1.807) is 12.1 Å². The standard InChI is InChI=1S/C18H12ClF3N2O2S/c19-12-6-5-9(18(20,21)22)7-13(12)23-15(25)14-8-27-17-11-4-2-1-3-10(11)16(26)24(14)17/h1-7,14,17H,8H2,(H,23,25). The third-order valence-corrected chi connectivity index (χ3v) is 6.18. The molecule has 2 unspecified atom stereocenters. The topological polar surface area (TPSA) is 49.4 Å². The average molecular weight is 413 g/mol. The van der Waals surface area contributed by atoms with Crippen LogP contribution in [0, 0.1) is 0 Å². The third kappa shape index (κ3) is 3.06. The smallest absolute Gasteiger partial charge is 0.323 e. The predicted molar refractivity (Wildman–Crippen MR) is 96.7 cm³/mol. The first-order valence-electron chi connectivity index (χ1n) is 7.98. The SMILES string of the molecule is O=C(Nc1cc(C(F)(F)F)ccc1Cl)C1CSC2c3ccccc3C(=O)N12. The maximum absolute atomic E-state index is 12.9. The highest BCUT2D eigenvalue weighted by Crippen LogP contribution is 2.48. The van der Waals surface area contributed by atoms with Crippen LogP contribution in [0.25, 0.3) is 0 Å². The van der Waals surface area contributed by atoms with Crippen molar-refractivity contribution in [2.75, 3.05) is 11.1 Å². The maximum atomic E-state index is 12.9. The molecule has 0 spiro atoms. The summed E-state index contributed by atoms with van der Waals surface area (Å²) in [6, 6.07) is 9.06. The van der Waals surface area contributed by atoms with Gasteiger partial charge in [-0.3, -0.25) is 9.59 Å². The lowest BCUT2D eigenvalue weighted by Crippen LogP contribution is -2.42. The Balaban J connectivity index is 1.58. The van der Waals surface area contributed by atoms with Gasteiger partial charge in [-0.25, -0.2) is 0 Å². The highest BCUT2D eigenvalue weighted by atomic mass is 35.5. The zero-order valence-corrected chi connectivity index (χ0v) is 15.2. The van der Waals surface area contributed by atoms with Gasteiger partial charge in [0.05, 0.1) is 16.3 Å². The number of halogens is 4. The van der Waals surface area contributed by atoms with Gasteiger partial charge in [0.25, 0.3) is 5.91 Å². The Morgan fingerprint density at radius 2 is 1.96 bits per heavy atom. The van der Waals surface area contributed by atoms with Gasteiger partial charge < -0.3 is 10.2 Å². The predicted octanol–water partition coefficient (Wildman–Crippen LogP) is 4.57. The number of carbonyl (C=O) groups is 2. The van der Waals surface area contributed by atoms with E-state index in [2.05, 4.69) is 5.32 Å². The molecule has 4 rings (SSSR count). The van der Waals surface area contributed by atoms with Crippen LogP contribution in [0.4, 0.5) is 18.9 Å². The number of hydrogen-bond acceptors (Lipinski definition) is 3. The van der Waals surface area contributed by atoms with E-state index in [1.165, 1.54) is 16.7 Å². The fourth-order valence-corrected chi connectivity index (χ4v) is 4.89. The maximum Gasteiger partial charge on any atom is 0.416 e. The van der Waals surface area contributed by atoms with Crippen molar-refractivity contribution >= 4 is 40.9 Å². The summed E-state index contributed by atoms with van der Waals surface area (Å²) in [5.41, 5.74) is 0.351. The molecule has 140 valence electrons. The summed E-state index contributed by atoms with van der Waals surface area (Å²) in [5.74, 6) is -0.462. The molecular formula is C18H12ClF3N2O2S. The van der Waals surface area contributed by atoms with Crippen LogP contribution in [0.3, 0.4) is 0 Å². The van der Waals surface area contributed by atoms with Crippen LogP contribution in [0.1, 0.15) is 26.9 Å². The number of carbonyl (C=O) groups excluding carboxylic acids is 2. The number of thioether (sulfide) groups is 1. The second-order valence-electron chi connectivity index (χ2n) is 6.18. The minimum atomic E-state index is -4.55. The van der Waals surface area contributed by atoms with Crippen LogP contribution in [0.5, 0.6) is 0 Å². The molecule has 2 atom stereocenters. The molecule has 2 aromatic carbocycles. The Kier molecular flexibility index (Phi) is 4.35. The molecule has 2 aliphatic heterocycles. The number of nitrogens with one attached hydrogen (secondary N) is 1. The van der Waals surface area contributed by atoms with E-state index in [1.807, 2.05) is 12.1 Å². The second kappa shape index (κ2) is 6.45. The van der Waals surface area contributed by atoms with E-state index in [0.717, 1.165) is 23.8 Å². The van der Waals surface area contributed by atoms with Gasteiger partial charge in [-0.1, -0.05) is 29.8 Å². The first-order chi connectivity index (χ1) is 12.8. The number of fused-ring (bicyclic) bond motifs is 3. The first-order valence-corrected chi connectivity index (χ1v) is 9.41. The molecule has 2 amide bonds. The van der Waals surface area contributed by atoms with Crippen LogP contribution < -0.4 is 5.32 Å². The minimum absolute atomic E-state index is 0.00501. The number of hydrogen-bond donors (Lipinski definition) is 1. The molecule has 0 saturated carbocycles. The molecule has 0 aromatic heterocycles. The minimum Gasteiger partial charge on any atom is -0.323 e. The molecule has 2 aliphatic rings. The van der Waals surface area contributed by atoms with Gasteiger partial charge in [0.2, 0.25) is 5.91 Å². The van der Waals surface area contributed by atoms with Crippen molar-refractivity contribution in [2.45, 2.75) is 17.6 Å². The van der Waals surface area contributed by atoms with E-state index < -0.39 is 23.7 Å². The van der Waals surface area contributed by atoms with Gasteiger partial charge in [-0.05, 0) is 29.8 Å². The molecule has 1 N–H and O–H groups in total. The summed E-state index contributed by atoms with van der Waals surface area (Å²) >= 11 is 7.39. The second-order valence-corrected chi connectivity index (χ2v) is 7.70. The molecule has 0 aliphatic carbocycles. The van der Waals surface area contributed by atoms with Crippen molar-refractivity contribution in [2.24, 2.45) is 0 Å². The van der Waals surface area contributed by atoms with Crippen molar-refractivity contribution in [1.82, 2.24) is 4.90 Å². The van der Waals surface area contributed by atoms with Crippen molar-refractivity contribution in [1.29, 1.82) is 0 Å². The number of amides is 2. The summed E-state index contributed by atoms with van der Waals surface area (Å²) in [4.78, 5) is 26.8. The fraction of sp³-hybridized carbons (Fsp3) is 0.222. The Hall–Kier alpha value is -2.19. The lowest BCUT2D eigenvalue weighted by Gasteiger charge is -2.23. The summed E-state index contributed by atoms with van der Waals surface area (Å²) < 4.78 is 38.7. The zero-order valence-electron chi connectivity index (χ0n) is 13.6. The zero-order chi connectivity index (χ0) is 19.3. The van der Waals surface area contributed by atoms with E-state index in [4.69, 9.17) is 11.6 Å². The van der Waals surface area contributed by atoms with Crippen molar-refractivity contribution in [3.63, 3.8) is 0 Å². The van der Waals surface area contributed by atoms with Crippen molar-refractivity contribution in [3.8, 4) is 0 Å². The normalized spacial score (nSPS) is 21.2. The Bertz CT molecular complexity index is 950. The van der Waals surface area contributed by atoms with Crippen LogP contribution in [-0.4, -0.2) is 28.5 Å². The molecule has 9 heteroatoms. The molecule has 2 aromatic rings. The van der Waals surface area contributed by atoms with Gasteiger partial charge in [0.15, 0.2) is 0 Å². The van der Waals surface area contributed by atoms with Crippen LogP contribution in [-0.2, 0) is 11.0 Å². The molecule has 0 bridgehead atoms. The van der Waals surface area contributed by atoms with E-state index >= 15 is 0 Å². The van der Waals surface area contributed by atoms with E-state index in [-0.39, 0.29) is 22.0 Å². The van der Waals surface area contributed by atoms with Crippen LogP contribution in [0.15, 0.2) is 42.5 Å². The Morgan fingerprint density at radius 1 is 1.22 bits per heavy atom. The van der Waals surface area contributed by atoms with Crippen molar-refractivity contribution in [3.05, 3.63) is 64.2 Å². The Labute approximate surface area is 161 Å². The molecular weight excluding hydrogens is 401 g/mol. The molecule has 2 heterocycles. The number of benzene rings is 2. The fourth-order valence-electron chi connectivity index (χ4n) is 3.26. The monoisotopic (exact) mass is 412 g/mol. The number of nitrogens with zero attached hydrogens (tertiary/aromatic N) is 1. The largest absolute Gasteiger partial charge is 0.416 e. The van der Waals surface area contributed by atoms with Gasteiger partial charge in [-0.2, -0.15) is 13.2 Å². The van der Waals surface area contributed by atoms with Gasteiger partial charge >= 0.3 is 6.18 Å². The third-order valence-electron chi connectivity index (χ3n) is 4.55. The number of rotatable bonds is 2. The van der Waals surface area contributed by atoms with Crippen LogP contribution >= 0.6 is 23.4 Å². The van der Waals surface area contributed by atoms with E-state index in [9.17, 15) is 22.8 Å². The van der Waals surface area contributed by atoms with Gasteiger partial charge in [0, 0.05) is 11.3 Å². The van der Waals surface area contributed by atoms with Gasteiger partial charge in [0.1, 0.15) is 11.4 Å². The van der Waals surface area contributed by atoms with E-state index in [0.29, 0.717) is 11.3 Å². The summed E-state index contributed by atoms with van der Waals surface area (Å²) in [6.07, 6.45) is -4.55.